The van der Waals surface area contributed by atoms with Gasteiger partial charge in [-0.3, -0.25) is 9.59 Å². The molecule has 1 aromatic heterocycles. The summed E-state index contributed by atoms with van der Waals surface area (Å²) >= 11 is 0. The average molecular weight is 317 g/mol. The molecule has 3 aromatic rings. The maximum Gasteiger partial charge on any atom is 0.210 e. The Morgan fingerprint density at radius 1 is 0.833 bits per heavy atom. The molecule has 1 aliphatic rings. The Morgan fingerprint density at radius 3 is 2.17 bits per heavy atom. The molecule has 0 fully saturated rings. The lowest BCUT2D eigenvalue weighted by Crippen LogP contribution is -2.22. The number of carbonyl (C=O) groups is 2. The third-order valence-electron chi connectivity index (χ3n) is 4.34. The van der Waals surface area contributed by atoms with Crippen molar-refractivity contribution in [1.29, 1.82) is 0 Å². The zero-order valence-electron chi connectivity index (χ0n) is 13.2. The van der Waals surface area contributed by atoms with Crippen LogP contribution in [0.2, 0.25) is 0 Å². The zero-order valence-corrected chi connectivity index (χ0v) is 13.2. The molecule has 1 heterocycles. The maximum absolute atomic E-state index is 12.7. The van der Waals surface area contributed by atoms with Gasteiger partial charge in [-0.1, -0.05) is 42.5 Å². The van der Waals surface area contributed by atoms with Crippen LogP contribution in [0.15, 0.2) is 60.7 Å². The van der Waals surface area contributed by atoms with Crippen LogP contribution in [0, 0.1) is 0 Å². The van der Waals surface area contributed by atoms with Crippen LogP contribution in [0.4, 0.5) is 0 Å². The first-order chi connectivity index (χ1) is 11.7. The van der Waals surface area contributed by atoms with E-state index in [4.69, 9.17) is 4.74 Å². The molecule has 2 aromatic carbocycles. The van der Waals surface area contributed by atoms with Crippen molar-refractivity contribution < 1.29 is 14.3 Å². The fourth-order valence-electron chi connectivity index (χ4n) is 3.07. The lowest BCUT2D eigenvalue weighted by molar-refractivity contribution is 0.0974. The van der Waals surface area contributed by atoms with E-state index in [-0.39, 0.29) is 11.6 Å². The molecule has 0 unspecified atom stereocenters. The number of fused-ring (bicyclic) bond motifs is 2. The molecule has 0 spiro atoms. The number of hydrogen-bond acceptors (Lipinski definition) is 3. The van der Waals surface area contributed by atoms with Gasteiger partial charge in [-0.2, -0.15) is 0 Å². The van der Waals surface area contributed by atoms with E-state index in [0.29, 0.717) is 29.0 Å². The minimum absolute atomic E-state index is 0.109. The van der Waals surface area contributed by atoms with Crippen LogP contribution >= 0.6 is 0 Å². The fourth-order valence-corrected chi connectivity index (χ4v) is 3.07. The molecule has 4 nitrogen and oxygen atoms in total. The zero-order chi connectivity index (χ0) is 16.7. The van der Waals surface area contributed by atoms with E-state index in [0.717, 1.165) is 11.4 Å². The van der Waals surface area contributed by atoms with E-state index < -0.39 is 0 Å². The molecule has 0 amide bonds. The highest BCUT2D eigenvalue weighted by atomic mass is 16.5. The van der Waals surface area contributed by atoms with Crippen molar-refractivity contribution >= 4 is 11.6 Å². The van der Waals surface area contributed by atoms with Crippen LogP contribution in [-0.4, -0.2) is 16.1 Å². The van der Waals surface area contributed by atoms with E-state index in [2.05, 4.69) is 0 Å². The summed E-state index contributed by atoms with van der Waals surface area (Å²) in [5.41, 5.74) is 2.61. The van der Waals surface area contributed by atoms with Gasteiger partial charge < -0.3 is 9.30 Å². The molecule has 0 atom stereocenters. The number of aromatic nitrogens is 1. The molecule has 0 aliphatic heterocycles. The summed E-state index contributed by atoms with van der Waals surface area (Å²) in [4.78, 5) is 25.4. The van der Waals surface area contributed by atoms with Gasteiger partial charge in [0.2, 0.25) is 5.78 Å². The van der Waals surface area contributed by atoms with Gasteiger partial charge in [-0.25, -0.2) is 0 Å². The van der Waals surface area contributed by atoms with Crippen LogP contribution in [0.5, 0.6) is 5.75 Å². The normalized spacial score (nSPS) is 12.7. The van der Waals surface area contributed by atoms with Gasteiger partial charge in [0.05, 0.1) is 11.3 Å². The predicted molar refractivity (Wildman–Crippen MR) is 89.5 cm³/mol. The summed E-state index contributed by atoms with van der Waals surface area (Å²) in [6.07, 6.45) is 0. The number of para-hydroxylation sites is 1. The lowest BCUT2D eigenvalue weighted by Gasteiger charge is -2.15. The lowest BCUT2D eigenvalue weighted by atomic mass is 9.88. The number of rotatable bonds is 3. The van der Waals surface area contributed by atoms with Crippen molar-refractivity contribution in [3.05, 3.63) is 88.7 Å². The minimum atomic E-state index is -0.117. The van der Waals surface area contributed by atoms with E-state index >= 15 is 0 Å². The van der Waals surface area contributed by atoms with Crippen molar-refractivity contribution in [3.8, 4) is 5.75 Å². The van der Waals surface area contributed by atoms with Gasteiger partial charge in [0.25, 0.3) is 0 Å². The van der Waals surface area contributed by atoms with Crippen LogP contribution in [0.3, 0.4) is 0 Å². The second-order valence-electron chi connectivity index (χ2n) is 5.76. The van der Waals surface area contributed by atoms with Crippen LogP contribution in [0.1, 0.15) is 37.7 Å². The van der Waals surface area contributed by atoms with Crippen molar-refractivity contribution in [2.45, 2.75) is 6.61 Å². The number of carbonyl (C=O) groups excluding carboxylic acids is 2. The SMILES string of the molecule is Cn1c(COc2ccccc2)cc2c1C(=O)c1ccccc1C2=O. The summed E-state index contributed by atoms with van der Waals surface area (Å²) in [5, 5.41) is 0. The van der Waals surface area contributed by atoms with Gasteiger partial charge in [-0.05, 0) is 18.2 Å². The Balaban J connectivity index is 1.71. The van der Waals surface area contributed by atoms with Crippen molar-refractivity contribution in [2.24, 2.45) is 7.05 Å². The van der Waals surface area contributed by atoms with E-state index in [1.54, 1.807) is 41.9 Å². The Bertz CT molecular complexity index is 954. The third kappa shape index (κ3) is 2.15. The monoisotopic (exact) mass is 317 g/mol. The quantitative estimate of drug-likeness (QED) is 0.582. The molecule has 4 heteroatoms. The Labute approximate surface area is 139 Å². The molecular weight excluding hydrogens is 302 g/mol. The van der Waals surface area contributed by atoms with Crippen LogP contribution in [-0.2, 0) is 13.7 Å². The van der Waals surface area contributed by atoms with Gasteiger partial charge >= 0.3 is 0 Å². The van der Waals surface area contributed by atoms with Crippen LogP contribution < -0.4 is 4.74 Å². The molecule has 0 saturated heterocycles. The summed E-state index contributed by atoms with van der Waals surface area (Å²) in [5.74, 6) is 0.521. The molecule has 0 radical (unpaired) electrons. The van der Waals surface area contributed by atoms with Crippen LogP contribution in [0.25, 0.3) is 0 Å². The van der Waals surface area contributed by atoms with Crippen molar-refractivity contribution in [3.63, 3.8) is 0 Å². The summed E-state index contributed by atoms with van der Waals surface area (Å²) in [6, 6.07) is 18.2. The first kappa shape index (κ1) is 14.5. The molecular formula is C20H15NO3. The van der Waals surface area contributed by atoms with Gasteiger partial charge in [-0.15, -0.1) is 0 Å². The minimum Gasteiger partial charge on any atom is -0.487 e. The number of ether oxygens (including phenoxy) is 1. The highest BCUT2D eigenvalue weighted by molar-refractivity contribution is 6.28. The Hall–Kier alpha value is -3.14. The van der Waals surface area contributed by atoms with E-state index in [1.807, 2.05) is 30.3 Å². The van der Waals surface area contributed by atoms with E-state index in [9.17, 15) is 9.59 Å². The van der Waals surface area contributed by atoms with Gasteiger partial charge in [0.15, 0.2) is 5.78 Å². The molecule has 0 N–H and O–H groups in total. The molecule has 0 bridgehead atoms. The summed E-state index contributed by atoms with van der Waals surface area (Å²) < 4.78 is 7.51. The number of ketones is 2. The number of hydrogen-bond donors (Lipinski definition) is 0. The predicted octanol–water partition coefficient (Wildman–Crippen LogP) is 3.38. The Kier molecular flexibility index (Phi) is 3.31. The number of nitrogens with zero attached hydrogens (tertiary/aromatic N) is 1. The molecule has 0 saturated carbocycles. The third-order valence-corrected chi connectivity index (χ3v) is 4.34. The molecule has 1 aliphatic carbocycles. The topological polar surface area (TPSA) is 48.3 Å². The molecule has 24 heavy (non-hydrogen) atoms. The smallest absolute Gasteiger partial charge is 0.210 e. The second kappa shape index (κ2) is 5.49. The Morgan fingerprint density at radius 2 is 1.46 bits per heavy atom. The van der Waals surface area contributed by atoms with Crippen molar-refractivity contribution in [2.75, 3.05) is 0 Å². The maximum atomic E-state index is 12.7. The summed E-state index contributed by atoms with van der Waals surface area (Å²) in [6.45, 7) is 0.296. The molecule has 4 rings (SSSR count). The number of benzene rings is 2. The second-order valence-corrected chi connectivity index (χ2v) is 5.76. The van der Waals surface area contributed by atoms with Gasteiger partial charge in [0.1, 0.15) is 18.1 Å². The summed E-state index contributed by atoms with van der Waals surface area (Å²) in [7, 11) is 1.79. The van der Waals surface area contributed by atoms with E-state index in [1.165, 1.54) is 0 Å². The first-order valence-electron chi connectivity index (χ1n) is 7.71. The molecule has 118 valence electrons. The highest BCUT2D eigenvalue weighted by Crippen LogP contribution is 2.29. The largest absolute Gasteiger partial charge is 0.487 e. The highest BCUT2D eigenvalue weighted by Gasteiger charge is 2.33. The van der Waals surface area contributed by atoms with Gasteiger partial charge in [0, 0.05) is 18.2 Å². The standard InChI is InChI=1S/C20H15NO3/c1-21-13(12-24-14-7-3-2-4-8-14)11-17-18(21)20(23)16-10-6-5-9-15(16)19(17)22/h2-11H,12H2,1H3. The average Bonchev–Trinajstić information content (AvgIpc) is 2.96. The van der Waals surface area contributed by atoms with Crippen molar-refractivity contribution in [1.82, 2.24) is 4.57 Å². The fraction of sp³-hybridized carbons (Fsp3) is 0.100. The first-order valence-corrected chi connectivity index (χ1v) is 7.71.